The summed E-state index contributed by atoms with van der Waals surface area (Å²) in [6.07, 6.45) is 4.35. The van der Waals surface area contributed by atoms with Gasteiger partial charge in [-0.2, -0.15) is 5.10 Å². The van der Waals surface area contributed by atoms with Crippen molar-refractivity contribution >= 4 is 16.9 Å². The van der Waals surface area contributed by atoms with E-state index < -0.39 is 23.5 Å². The second-order valence-corrected chi connectivity index (χ2v) is 7.40. The highest BCUT2D eigenvalue weighted by Gasteiger charge is 2.21. The highest BCUT2D eigenvalue weighted by molar-refractivity contribution is 6.00. The van der Waals surface area contributed by atoms with Gasteiger partial charge in [-0.1, -0.05) is 17.9 Å². The number of nitrogens with two attached hydrogens (primary N) is 1. The largest absolute Gasteiger partial charge is 0.366 e. The minimum Gasteiger partial charge on any atom is -0.366 e. The molecule has 0 saturated heterocycles. The van der Waals surface area contributed by atoms with Crippen molar-refractivity contribution in [3.8, 4) is 23.7 Å². The first-order valence-corrected chi connectivity index (χ1v) is 10.1. The first-order chi connectivity index (χ1) is 16.4. The molecule has 9 heteroatoms. The van der Waals surface area contributed by atoms with E-state index in [0.717, 1.165) is 18.2 Å². The first kappa shape index (κ1) is 22.4. The van der Waals surface area contributed by atoms with Crippen LogP contribution >= 0.6 is 0 Å². The summed E-state index contributed by atoms with van der Waals surface area (Å²) in [5, 5.41) is 7.08. The van der Waals surface area contributed by atoms with Crippen LogP contribution in [0.15, 0.2) is 53.7 Å². The number of nitrogens with one attached hydrogen (secondary N) is 1. The van der Waals surface area contributed by atoms with Crippen molar-refractivity contribution in [3.05, 3.63) is 93.2 Å². The van der Waals surface area contributed by atoms with Crippen LogP contribution in [0.2, 0.25) is 0 Å². The number of carbonyl (C=O) groups excluding carboxylic acids is 1. The molecule has 1 amide bonds. The maximum absolute atomic E-state index is 14.6. The Morgan fingerprint density at radius 3 is 2.82 bits per heavy atom. The van der Waals surface area contributed by atoms with E-state index in [1.54, 1.807) is 25.4 Å². The van der Waals surface area contributed by atoms with Gasteiger partial charge in [-0.3, -0.25) is 14.7 Å². The van der Waals surface area contributed by atoms with Gasteiger partial charge in [0, 0.05) is 37.3 Å². The summed E-state index contributed by atoms with van der Waals surface area (Å²) < 4.78 is 29.8. The van der Waals surface area contributed by atoms with Crippen LogP contribution in [0.25, 0.3) is 11.0 Å². The molecule has 0 spiro atoms. The van der Waals surface area contributed by atoms with Crippen LogP contribution in [0.5, 0.6) is 0 Å². The van der Waals surface area contributed by atoms with Crippen molar-refractivity contribution in [3.63, 3.8) is 0 Å². The zero-order valence-electron chi connectivity index (χ0n) is 17.9. The van der Waals surface area contributed by atoms with Crippen LogP contribution in [0.3, 0.4) is 0 Å². The number of aromatic nitrogens is 4. The van der Waals surface area contributed by atoms with Crippen molar-refractivity contribution in [2.24, 2.45) is 12.8 Å². The van der Waals surface area contributed by atoms with Crippen LogP contribution in [-0.2, 0) is 7.05 Å². The smallest absolute Gasteiger partial charge is 0.254 e. The second kappa shape index (κ2) is 9.39. The Bertz CT molecular complexity index is 1600. The van der Waals surface area contributed by atoms with E-state index in [4.69, 9.17) is 5.73 Å². The fourth-order valence-electron chi connectivity index (χ4n) is 3.56. The van der Waals surface area contributed by atoms with Gasteiger partial charge in [0.1, 0.15) is 11.6 Å². The van der Waals surface area contributed by atoms with Crippen LogP contribution in [0, 0.1) is 35.3 Å². The Morgan fingerprint density at radius 1 is 1.21 bits per heavy atom. The number of fused-ring (bicyclic) bond motifs is 1. The molecule has 168 valence electrons. The maximum Gasteiger partial charge on any atom is 0.254 e. The Labute approximate surface area is 192 Å². The lowest BCUT2D eigenvalue weighted by Gasteiger charge is -2.16. The van der Waals surface area contributed by atoms with E-state index >= 15 is 0 Å². The van der Waals surface area contributed by atoms with Crippen molar-refractivity contribution in [2.45, 2.75) is 12.3 Å². The standard InChI is InChI=1S/C25H17F2N5O2/c1-32-11-5-8-18(25(32)34)16(19-12-15(26)9-10-22(19)27)6-3-2-4-7-17-20(23(28)33)13-29-24-21(17)14-30-31-24/h5,8-14,16H,6H2,1H3,(H2,28,33)(H,29,30,31). The van der Waals surface area contributed by atoms with Crippen molar-refractivity contribution in [1.29, 1.82) is 0 Å². The van der Waals surface area contributed by atoms with Gasteiger partial charge in [0.05, 0.1) is 22.7 Å². The lowest BCUT2D eigenvalue weighted by Crippen LogP contribution is -2.23. The topological polar surface area (TPSA) is 107 Å². The van der Waals surface area contributed by atoms with Crippen LogP contribution < -0.4 is 11.3 Å². The van der Waals surface area contributed by atoms with Gasteiger partial charge in [0.2, 0.25) is 0 Å². The number of aryl methyl sites for hydroxylation is 1. The van der Waals surface area contributed by atoms with E-state index in [9.17, 15) is 18.4 Å². The average molecular weight is 457 g/mol. The number of primary amides is 1. The van der Waals surface area contributed by atoms with Gasteiger partial charge < -0.3 is 10.3 Å². The maximum atomic E-state index is 14.6. The van der Waals surface area contributed by atoms with Crippen molar-refractivity contribution in [1.82, 2.24) is 19.7 Å². The zero-order chi connectivity index (χ0) is 24.2. The molecule has 34 heavy (non-hydrogen) atoms. The van der Waals surface area contributed by atoms with Crippen molar-refractivity contribution < 1.29 is 13.6 Å². The van der Waals surface area contributed by atoms with E-state index in [2.05, 4.69) is 38.9 Å². The quantitative estimate of drug-likeness (QED) is 0.460. The molecule has 0 aliphatic carbocycles. The molecular formula is C25H17F2N5O2. The second-order valence-electron chi connectivity index (χ2n) is 7.40. The Balaban J connectivity index is 1.72. The third kappa shape index (κ3) is 4.41. The lowest BCUT2D eigenvalue weighted by atomic mass is 9.89. The van der Waals surface area contributed by atoms with E-state index in [1.165, 1.54) is 17.0 Å². The summed E-state index contributed by atoms with van der Waals surface area (Å²) in [7, 11) is 1.57. The Kier molecular flexibility index (Phi) is 6.20. The summed E-state index contributed by atoms with van der Waals surface area (Å²) in [6.45, 7) is 0. The third-order valence-electron chi connectivity index (χ3n) is 5.25. The van der Waals surface area contributed by atoms with E-state index in [0.29, 0.717) is 16.6 Å². The summed E-state index contributed by atoms with van der Waals surface area (Å²) in [4.78, 5) is 28.5. The molecule has 3 heterocycles. The van der Waals surface area contributed by atoms with Crippen LogP contribution in [0.4, 0.5) is 8.78 Å². The van der Waals surface area contributed by atoms with Gasteiger partial charge in [0.15, 0.2) is 5.65 Å². The summed E-state index contributed by atoms with van der Waals surface area (Å²) in [5.74, 6) is 8.14. The monoisotopic (exact) mass is 457 g/mol. The number of nitrogens with zero attached hydrogens (tertiary/aromatic N) is 3. The van der Waals surface area contributed by atoms with Crippen LogP contribution in [0.1, 0.15) is 39.4 Å². The number of amides is 1. The van der Waals surface area contributed by atoms with Gasteiger partial charge in [-0.05, 0) is 41.7 Å². The number of carbonyl (C=O) groups is 1. The first-order valence-electron chi connectivity index (χ1n) is 10.1. The number of aromatic amines is 1. The molecule has 4 rings (SSSR count). The molecule has 0 radical (unpaired) electrons. The highest BCUT2D eigenvalue weighted by Crippen LogP contribution is 2.28. The highest BCUT2D eigenvalue weighted by atomic mass is 19.1. The molecule has 7 nitrogen and oxygen atoms in total. The molecular weight excluding hydrogens is 440 g/mol. The normalized spacial score (nSPS) is 11.3. The number of pyridine rings is 2. The van der Waals surface area contributed by atoms with Gasteiger partial charge in [0.25, 0.3) is 11.5 Å². The lowest BCUT2D eigenvalue weighted by molar-refractivity contribution is 0.1000. The third-order valence-corrected chi connectivity index (χ3v) is 5.25. The number of benzene rings is 1. The van der Waals surface area contributed by atoms with Crippen LogP contribution in [-0.4, -0.2) is 25.7 Å². The zero-order valence-corrected chi connectivity index (χ0v) is 17.9. The molecule has 0 bridgehead atoms. The van der Waals surface area contributed by atoms with Gasteiger partial charge in [-0.15, -0.1) is 0 Å². The Hall–Kier alpha value is -4.76. The number of H-pyrrole nitrogens is 1. The molecule has 3 N–H and O–H groups in total. The molecule has 0 aliphatic rings. The van der Waals surface area contributed by atoms with Crippen molar-refractivity contribution in [2.75, 3.05) is 0 Å². The van der Waals surface area contributed by atoms with E-state index in [-0.39, 0.29) is 28.7 Å². The van der Waals surface area contributed by atoms with E-state index in [1.807, 2.05) is 0 Å². The molecule has 0 saturated carbocycles. The molecule has 1 atom stereocenters. The number of hydrogen-bond acceptors (Lipinski definition) is 4. The predicted octanol–water partition coefficient (Wildman–Crippen LogP) is 2.61. The fraction of sp³-hybridized carbons (Fsp3) is 0.120. The fourth-order valence-corrected chi connectivity index (χ4v) is 3.56. The SMILES string of the molecule is Cn1cccc(C(CC#CC#Cc2c(C(N)=O)cnc3[nH]ncc23)c2cc(F)ccc2F)c1=O. The molecule has 1 aromatic carbocycles. The number of halogens is 2. The minimum atomic E-state index is -0.812. The van der Waals surface area contributed by atoms with Gasteiger partial charge >= 0.3 is 0 Å². The number of hydrogen-bond donors (Lipinski definition) is 2. The molecule has 0 fully saturated rings. The Morgan fingerprint density at radius 2 is 2.03 bits per heavy atom. The predicted molar refractivity (Wildman–Crippen MR) is 122 cm³/mol. The molecule has 4 aromatic rings. The summed E-state index contributed by atoms with van der Waals surface area (Å²) >= 11 is 0. The minimum absolute atomic E-state index is 0.00838. The summed E-state index contributed by atoms with van der Waals surface area (Å²) in [6, 6.07) is 6.31. The molecule has 0 aliphatic heterocycles. The van der Waals surface area contributed by atoms with Gasteiger partial charge in [-0.25, -0.2) is 13.8 Å². The molecule has 1 unspecified atom stereocenters. The number of rotatable bonds is 4. The summed E-state index contributed by atoms with van der Waals surface area (Å²) in [5.41, 5.74) is 6.26. The average Bonchev–Trinajstić information content (AvgIpc) is 3.29. The molecule has 3 aromatic heterocycles.